The van der Waals surface area contributed by atoms with Gasteiger partial charge in [0.25, 0.3) is 0 Å². The Morgan fingerprint density at radius 2 is 1.68 bits per heavy atom. The van der Waals surface area contributed by atoms with Crippen molar-refractivity contribution in [1.29, 1.82) is 0 Å². The second kappa shape index (κ2) is 11.6. The maximum atomic E-state index is 13.8. The van der Waals surface area contributed by atoms with Gasteiger partial charge in [0.1, 0.15) is 12.6 Å². The van der Waals surface area contributed by atoms with E-state index in [0.29, 0.717) is 27.4 Å². The first-order chi connectivity index (χ1) is 15.8. The van der Waals surface area contributed by atoms with Crippen molar-refractivity contribution < 1.29 is 26.8 Å². The maximum absolute atomic E-state index is 13.8. The lowest BCUT2D eigenvalue weighted by Crippen LogP contribution is -2.52. The van der Waals surface area contributed by atoms with Gasteiger partial charge in [-0.25, -0.2) is 17.2 Å². The predicted molar refractivity (Wildman–Crippen MR) is 128 cm³/mol. The van der Waals surface area contributed by atoms with Crippen LogP contribution in [0.15, 0.2) is 42.5 Å². The third kappa shape index (κ3) is 7.39. The third-order valence-electron chi connectivity index (χ3n) is 5.30. The van der Waals surface area contributed by atoms with E-state index in [1.165, 1.54) is 11.8 Å². The van der Waals surface area contributed by atoms with E-state index >= 15 is 0 Å². The van der Waals surface area contributed by atoms with Crippen LogP contribution in [0.5, 0.6) is 0 Å². The second-order valence-corrected chi connectivity index (χ2v) is 10.4. The van der Waals surface area contributed by atoms with Crippen molar-refractivity contribution in [3.05, 3.63) is 64.7 Å². The highest BCUT2D eigenvalue weighted by Crippen LogP contribution is 2.22. The predicted octanol–water partition coefficient (Wildman–Crippen LogP) is 3.72. The normalized spacial score (nSPS) is 13.1. The quantitative estimate of drug-likeness (QED) is 0.522. The molecule has 0 bridgehead atoms. The van der Waals surface area contributed by atoms with E-state index in [2.05, 4.69) is 5.32 Å². The van der Waals surface area contributed by atoms with E-state index in [1.54, 1.807) is 24.3 Å². The van der Waals surface area contributed by atoms with E-state index in [4.69, 9.17) is 11.6 Å². The Morgan fingerprint density at radius 3 is 2.21 bits per heavy atom. The molecule has 2 aromatic carbocycles. The first-order valence-electron chi connectivity index (χ1n) is 10.6. The Balaban J connectivity index is 2.39. The minimum atomic E-state index is -4.04. The molecule has 1 N–H and O–H groups in total. The van der Waals surface area contributed by atoms with Gasteiger partial charge in [-0.3, -0.25) is 13.9 Å². The zero-order chi connectivity index (χ0) is 25.6. The van der Waals surface area contributed by atoms with Crippen molar-refractivity contribution >= 4 is 39.1 Å². The van der Waals surface area contributed by atoms with Crippen LogP contribution in [0.25, 0.3) is 0 Å². The van der Waals surface area contributed by atoms with Crippen LogP contribution in [-0.2, 0) is 26.2 Å². The fourth-order valence-corrected chi connectivity index (χ4v) is 4.06. The van der Waals surface area contributed by atoms with Gasteiger partial charge in [0.05, 0.1) is 11.9 Å². The number of hydrogen-bond donors (Lipinski definition) is 1. The van der Waals surface area contributed by atoms with E-state index in [-0.39, 0.29) is 18.3 Å². The lowest BCUT2D eigenvalue weighted by molar-refractivity contribution is -0.139. The van der Waals surface area contributed by atoms with Gasteiger partial charge in [-0.05, 0) is 50.1 Å². The minimum Gasteiger partial charge on any atom is -0.352 e. The molecule has 0 aliphatic rings. The van der Waals surface area contributed by atoms with Gasteiger partial charge in [-0.1, -0.05) is 30.7 Å². The summed E-state index contributed by atoms with van der Waals surface area (Å²) in [7, 11) is -4.04. The van der Waals surface area contributed by atoms with Crippen molar-refractivity contribution in [1.82, 2.24) is 10.2 Å². The topological polar surface area (TPSA) is 86.8 Å². The number of halogens is 3. The summed E-state index contributed by atoms with van der Waals surface area (Å²) < 4.78 is 52.7. The highest BCUT2D eigenvalue weighted by molar-refractivity contribution is 7.92. The van der Waals surface area contributed by atoms with E-state index < -0.39 is 46.1 Å². The molecule has 186 valence electrons. The zero-order valence-corrected chi connectivity index (χ0v) is 21.0. The second-order valence-electron chi connectivity index (χ2n) is 8.01. The molecule has 34 heavy (non-hydrogen) atoms. The van der Waals surface area contributed by atoms with Gasteiger partial charge in [0, 0.05) is 23.7 Å². The molecule has 0 aromatic heterocycles. The molecule has 2 rings (SSSR count). The summed E-state index contributed by atoms with van der Waals surface area (Å²) in [5.74, 6) is -3.51. The molecular weight excluding hydrogens is 488 g/mol. The first-order valence-corrected chi connectivity index (χ1v) is 12.8. The summed E-state index contributed by atoms with van der Waals surface area (Å²) in [6.45, 7) is 4.55. The van der Waals surface area contributed by atoms with Crippen LogP contribution in [0.2, 0.25) is 5.02 Å². The molecule has 7 nitrogen and oxygen atoms in total. The van der Waals surface area contributed by atoms with E-state index in [0.717, 1.165) is 18.4 Å². The summed E-state index contributed by atoms with van der Waals surface area (Å²) in [5.41, 5.74) is 0.456. The van der Waals surface area contributed by atoms with Gasteiger partial charge in [0.15, 0.2) is 11.6 Å². The van der Waals surface area contributed by atoms with E-state index in [9.17, 15) is 26.8 Å². The SMILES string of the molecule is CCC(C)NC(=O)C(C)N(Cc1ccc(Cl)cc1)C(=O)CN(c1ccc(F)c(F)c1)S(C)(=O)=O. The molecule has 0 fully saturated rings. The molecule has 0 radical (unpaired) electrons. The number of hydrogen-bond acceptors (Lipinski definition) is 4. The standard InChI is InChI=1S/C23H28ClF2N3O4S/c1-5-15(2)27-23(31)16(3)28(13-17-6-8-18(24)9-7-17)22(30)14-29(34(4,32)33)19-10-11-20(25)21(26)12-19/h6-12,15-16H,5,13-14H2,1-4H3,(H,27,31). The lowest BCUT2D eigenvalue weighted by Gasteiger charge is -2.32. The Bertz CT molecular complexity index is 1130. The smallest absolute Gasteiger partial charge is 0.244 e. The van der Waals surface area contributed by atoms with Crippen molar-refractivity contribution in [3.63, 3.8) is 0 Å². The molecule has 0 aliphatic carbocycles. The summed E-state index contributed by atoms with van der Waals surface area (Å²) >= 11 is 5.93. The monoisotopic (exact) mass is 515 g/mol. The van der Waals surface area contributed by atoms with Crippen LogP contribution < -0.4 is 9.62 Å². The molecule has 0 aliphatic heterocycles. The molecule has 2 aromatic rings. The van der Waals surface area contributed by atoms with Crippen LogP contribution in [0.3, 0.4) is 0 Å². The number of nitrogens with one attached hydrogen (secondary N) is 1. The molecule has 0 spiro atoms. The van der Waals surface area contributed by atoms with Gasteiger partial charge in [-0.15, -0.1) is 0 Å². The van der Waals surface area contributed by atoms with Gasteiger partial charge in [-0.2, -0.15) is 0 Å². The number of rotatable bonds is 10. The number of anilines is 1. The summed E-state index contributed by atoms with van der Waals surface area (Å²) in [6.07, 6.45) is 1.53. The maximum Gasteiger partial charge on any atom is 0.244 e. The third-order valence-corrected chi connectivity index (χ3v) is 6.70. The van der Waals surface area contributed by atoms with Crippen LogP contribution in [0.1, 0.15) is 32.8 Å². The number of carbonyl (C=O) groups is 2. The molecule has 2 atom stereocenters. The molecule has 0 saturated heterocycles. The van der Waals surface area contributed by atoms with Crippen LogP contribution >= 0.6 is 11.6 Å². The van der Waals surface area contributed by atoms with Crippen LogP contribution in [-0.4, -0.2) is 50.0 Å². The van der Waals surface area contributed by atoms with Gasteiger partial charge >= 0.3 is 0 Å². The summed E-state index contributed by atoms with van der Waals surface area (Å²) in [6, 6.07) is 8.11. The summed E-state index contributed by atoms with van der Waals surface area (Å²) in [4.78, 5) is 27.4. The van der Waals surface area contributed by atoms with Crippen molar-refractivity contribution in [2.45, 2.75) is 45.8 Å². The highest BCUT2D eigenvalue weighted by Gasteiger charge is 2.30. The first kappa shape index (κ1) is 27.5. The molecule has 2 unspecified atom stereocenters. The van der Waals surface area contributed by atoms with Crippen molar-refractivity contribution in [3.8, 4) is 0 Å². The number of benzene rings is 2. The van der Waals surface area contributed by atoms with Crippen LogP contribution in [0, 0.1) is 11.6 Å². The molecule has 0 saturated carbocycles. The van der Waals surface area contributed by atoms with Gasteiger partial charge < -0.3 is 10.2 Å². The fraction of sp³-hybridized carbons (Fsp3) is 0.391. The number of sulfonamides is 1. The minimum absolute atomic E-state index is 0.000472. The Labute approximate surface area is 203 Å². The lowest BCUT2D eigenvalue weighted by atomic mass is 10.1. The van der Waals surface area contributed by atoms with Crippen molar-refractivity contribution in [2.75, 3.05) is 17.1 Å². The largest absolute Gasteiger partial charge is 0.352 e. The van der Waals surface area contributed by atoms with Crippen molar-refractivity contribution in [2.24, 2.45) is 0 Å². The highest BCUT2D eigenvalue weighted by atomic mass is 35.5. The number of nitrogens with zero attached hydrogens (tertiary/aromatic N) is 2. The van der Waals surface area contributed by atoms with Crippen LogP contribution in [0.4, 0.5) is 14.5 Å². The molecule has 11 heteroatoms. The molecular formula is C23H28ClF2N3O4S. The number of carbonyl (C=O) groups excluding carboxylic acids is 2. The fourth-order valence-electron chi connectivity index (χ4n) is 3.09. The zero-order valence-electron chi connectivity index (χ0n) is 19.4. The Hall–Kier alpha value is -2.72. The molecule has 2 amide bonds. The van der Waals surface area contributed by atoms with Gasteiger partial charge in [0.2, 0.25) is 21.8 Å². The average molecular weight is 516 g/mol. The van der Waals surface area contributed by atoms with E-state index in [1.807, 2.05) is 13.8 Å². The average Bonchev–Trinajstić information content (AvgIpc) is 2.77. The Morgan fingerprint density at radius 1 is 1.06 bits per heavy atom. The Kier molecular flexibility index (Phi) is 9.40. The number of amides is 2. The summed E-state index contributed by atoms with van der Waals surface area (Å²) in [5, 5.41) is 3.30. The molecule has 0 heterocycles.